The lowest BCUT2D eigenvalue weighted by Crippen LogP contribution is -2.60. The normalized spacial score (nSPS) is 14.2. The van der Waals surface area contributed by atoms with Crippen molar-refractivity contribution in [2.24, 2.45) is 11.5 Å². The van der Waals surface area contributed by atoms with Crippen molar-refractivity contribution in [1.29, 1.82) is 5.41 Å². The number of amides is 4. The molecule has 4 amide bonds. The van der Waals surface area contributed by atoms with Gasteiger partial charge < -0.3 is 43.2 Å². The number of carbonyl (C=O) groups is 5. The highest BCUT2D eigenvalue weighted by atomic mass is 32.1. The van der Waals surface area contributed by atoms with Gasteiger partial charge in [-0.05, 0) is 48.6 Å². The van der Waals surface area contributed by atoms with E-state index in [1.54, 1.807) is 44.2 Å². The molecule has 0 radical (unpaired) electrons. The summed E-state index contributed by atoms with van der Waals surface area (Å²) in [6.07, 6.45) is 0.446. The third-order valence-electron chi connectivity index (χ3n) is 8.19. The molecule has 5 atom stereocenters. The first-order valence-corrected chi connectivity index (χ1v) is 17.8. The van der Waals surface area contributed by atoms with Gasteiger partial charge in [0.05, 0.1) is 6.04 Å². The summed E-state index contributed by atoms with van der Waals surface area (Å²) in [5.41, 5.74) is 12.6. The molecular formula is C36H48N8O6S2. The summed E-state index contributed by atoms with van der Waals surface area (Å²) in [5, 5.41) is 32.4. The summed E-state index contributed by atoms with van der Waals surface area (Å²) in [7, 11) is 0. The van der Waals surface area contributed by atoms with Crippen molar-refractivity contribution in [2.75, 3.05) is 12.3 Å². The molecule has 16 heteroatoms. The molecule has 0 aliphatic rings. The summed E-state index contributed by atoms with van der Waals surface area (Å²) < 4.78 is -1.15. The second kappa shape index (κ2) is 19.7. The van der Waals surface area contributed by atoms with Crippen LogP contribution < -0.4 is 38.1 Å². The Kier molecular flexibility index (Phi) is 15.8. The smallest absolute Gasteiger partial charge is 0.327 e. The van der Waals surface area contributed by atoms with Gasteiger partial charge in [-0.15, -0.1) is 0 Å². The van der Waals surface area contributed by atoms with Crippen LogP contribution >= 0.6 is 25.3 Å². The van der Waals surface area contributed by atoms with E-state index in [-0.39, 0.29) is 37.5 Å². The zero-order valence-electron chi connectivity index (χ0n) is 29.1. The third-order valence-corrected chi connectivity index (χ3v) is 8.85. The van der Waals surface area contributed by atoms with Crippen LogP contribution in [0.3, 0.4) is 0 Å². The van der Waals surface area contributed by atoms with Gasteiger partial charge in [-0.2, -0.15) is 25.3 Å². The van der Waals surface area contributed by atoms with Gasteiger partial charge in [-0.1, -0.05) is 72.8 Å². The first-order chi connectivity index (χ1) is 24.6. The second-order valence-corrected chi connectivity index (χ2v) is 14.5. The Labute approximate surface area is 313 Å². The van der Waals surface area contributed by atoms with Crippen molar-refractivity contribution in [3.05, 3.63) is 83.9 Å². The van der Waals surface area contributed by atoms with E-state index in [0.29, 0.717) is 17.5 Å². The van der Waals surface area contributed by atoms with Crippen LogP contribution in [0.4, 0.5) is 0 Å². The highest BCUT2D eigenvalue weighted by Crippen LogP contribution is 2.19. The fourth-order valence-corrected chi connectivity index (χ4v) is 5.70. The first-order valence-electron chi connectivity index (χ1n) is 16.7. The molecule has 3 aromatic rings. The number of nitrogens with two attached hydrogens (primary N) is 2. The van der Waals surface area contributed by atoms with Crippen molar-refractivity contribution in [1.82, 2.24) is 26.6 Å². The first kappa shape index (κ1) is 41.6. The molecule has 14 nitrogen and oxygen atoms in total. The number of carboxylic acids is 1. The molecule has 0 fully saturated rings. The Morgan fingerprint density at radius 2 is 1.31 bits per heavy atom. The predicted molar refractivity (Wildman–Crippen MR) is 207 cm³/mol. The number of thiol groups is 2. The molecule has 0 aliphatic carbocycles. The van der Waals surface area contributed by atoms with Crippen molar-refractivity contribution in [3.8, 4) is 0 Å². The van der Waals surface area contributed by atoms with Gasteiger partial charge in [0, 0.05) is 29.9 Å². The number of hydrogen-bond acceptors (Lipinski definition) is 9. The summed E-state index contributed by atoms with van der Waals surface area (Å²) in [6, 6.07) is 16.1. The fraction of sp³-hybridized carbons (Fsp3) is 0.389. The molecule has 280 valence electrons. The maximum absolute atomic E-state index is 14.2. The van der Waals surface area contributed by atoms with Gasteiger partial charge in [0.15, 0.2) is 5.96 Å². The van der Waals surface area contributed by atoms with Gasteiger partial charge in [0.1, 0.15) is 24.2 Å². The molecule has 0 saturated carbocycles. The Hall–Kier alpha value is -4.80. The van der Waals surface area contributed by atoms with Crippen molar-refractivity contribution in [3.63, 3.8) is 0 Å². The van der Waals surface area contributed by atoms with E-state index < -0.39 is 64.6 Å². The molecule has 0 aliphatic heterocycles. The number of hydrogen-bond donors (Lipinski definition) is 11. The summed E-state index contributed by atoms with van der Waals surface area (Å²) in [6.45, 7) is 3.33. The van der Waals surface area contributed by atoms with Crippen molar-refractivity contribution >= 4 is 71.6 Å². The van der Waals surface area contributed by atoms with Gasteiger partial charge in [-0.3, -0.25) is 24.6 Å². The quantitative estimate of drug-likeness (QED) is 0.0360. The zero-order valence-corrected chi connectivity index (χ0v) is 30.9. The van der Waals surface area contributed by atoms with Gasteiger partial charge in [-0.25, -0.2) is 4.79 Å². The van der Waals surface area contributed by atoms with E-state index in [0.717, 1.165) is 10.8 Å². The lowest BCUT2D eigenvalue weighted by atomic mass is 9.99. The zero-order chi connectivity index (χ0) is 38.4. The Morgan fingerprint density at radius 3 is 1.88 bits per heavy atom. The maximum atomic E-state index is 14.2. The van der Waals surface area contributed by atoms with Crippen LogP contribution in [0.1, 0.15) is 37.8 Å². The van der Waals surface area contributed by atoms with E-state index in [1.165, 1.54) is 0 Å². The third kappa shape index (κ3) is 13.1. The fourth-order valence-electron chi connectivity index (χ4n) is 5.36. The number of guanidine groups is 1. The second-order valence-electron chi connectivity index (χ2n) is 13.0. The topological polar surface area (TPSA) is 242 Å². The van der Waals surface area contributed by atoms with Crippen LogP contribution in [-0.2, 0) is 36.8 Å². The molecule has 3 rings (SSSR count). The largest absolute Gasteiger partial charge is 0.480 e. The lowest BCUT2D eigenvalue weighted by molar-refractivity contribution is -0.143. The van der Waals surface area contributed by atoms with E-state index >= 15 is 0 Å². The molecule has 0 aromatic heterocycles. The van der Waals surface area contributed by atoms with E-state index in [1.807, 2.05) is 42.5 Å². The highest BCUT2D eigenvalue weighted by Gasteiger charge is 2.37. The summed E-state index contributed by atoms with van der Waals surface area (Å²) >= 11 is 8.44. The predicted octanol–water partition coefficient (Wildman–Crippen LogP) is 0.878. The number of carboxylic acid groups (broad SMARTS) is 1. The van der Waals surface area contributed by atoms with Crippen LogP contribution in [0.2, 0.25) is 0 Å². The average molecular weight is 753 g/mol. The van der Waals surface area contributed by atoms with Gasteiger partial charge >= 0.3 is 5.97 Å². The lowest BCUT2D eigenvalue weighted by Gasteiger charge is -2.30. The number of benzene rings is 3. The number of aliphatic carboxylic acids is 1. The number of rotatable bonds is 19. The van der Waals surface area contributed by atoms with Crippen LogP contribution in [0, 0.1) is 5.41 Å². The highest BCUT2D eigenvalue weighted by molar-refractivity contribution is 7.81. The average Bonchev–Trinajstić information content (AvgIpc) is 3.10. The standard InChI is InChI=1S/C36H48N8O6S2/c1-36(2,52)29(34(49)50)44-33(48)27(18-21-9-4-3-5-10-21)43-32(47)28(19-22-14-15-23-11-6-7-12-24(23)17-22)42-31(46)26(13-8-16-40-35(38)39)41-30(45)25(37)20-51/h3-7,9-12,14-15,17,25-29,51-52H,8,13,16,18-20,37H2,1-2H3,(H,41,45)(H,42,46)(H,43,47)(H,44,48)(H,49,50)(H4,38,39,40)/t25-,26+,27+,28+,29-/m1/s1. The molecule has 0 saturated heterocycles. The van der Waals surface area contributed by atoms with Gasteiger partial charge in [0.2, 0.25) is 23.6 Å². The minimum Gasteiger partial charge on any atom is -0.480 e. The van der Waals surface area contributed by atoms with Crippen molar-refractivity contribution < 1.29 is 29.1 Å². The molecule has 0 bridgehead atoms. The maximum Gasteiger partial charge on any atom is 0.327 e. The number of nitrogens with one attached hydrogen (secondary N) is 6. The number of fused-ring (bicyclic) bond motifs is 1. The molecule has 11 N–H and O–H groups in total. The Bertz CT molecular complexity index is 1720. The Balaban J connectivity index is 1.97. The summed E-state index contributed by atoms with van der Waals surface area (Å²) in [4.78, 5) is 66.6. The van der Waals surface area contributed by atoms with E-state index in [9.17, 15) is 29.1 Å². The SMILES string of the molecule is CC(C)(S)[C@H](NC(=O)[C@H](Cc1ccccc1)NC(=O)[C@H](Cc1ccc2ccccc2c1)NC(=O)[C@H](CCCNC(=N)N)NC(=O)[C@H](N)CS)C(=O)O. The van der Waals surface area contributed by atoms with Crippen LogP contribution in [0.5, 0.6) is 0 Å². The Morgan fingerprint density at radius 1 is 0.769 bits per heavy atom. The molecule has 0 heterocycles. The molecule has 3 aromatic carbocycles. The van der Waals surface area contributed by atoms with Gasteiger partial charge in [0.25, 0.3) is 0 Å². The van der Waals surface area contributed by atoms with Crippen molar-refractivity contribution in [2.45, 2.75) is 74.5 Å². The van der Waals surface area contributed by atoms with Crippen LogP contribution in [0.25, 0.3) is 10.8 Å². The van der Waals surface area contributed by atoms with Crippen LogP contribution in [0.15, 0.2) is 72.8 Å². The monoisotopic (exact) mass is 752 g/mol. The molecular weight excluding hydrogens is 705 g/mol. The van der Waals surface area contributed by atoms with E-state index in [2.05, 4.69) is 51.8 Å². The molecule has 0 spiro atoms. The summed E-state index contributed by atoms with van der Waals surface area (Å²) in [5.74, 6) is -4.31. The number of carbonyl (C=O) groups excluding carboxylic acids is 4. The minimum atomic E-state index is -1.39. The molecule has 52 heavy (non-hydrogen) atoms. The molecule has 0 unspecified atom stereocenters. The minimum absolute atomic E-state index is 0.00617. The van der Waals surface area contributed by atoms with E-state index in [4.69, 9.17) is 16.9 Å². The van der Waals surface area contributed by atoms with Crippen LogP contribution in [-0.4, -0.2) is 87.9 Å².